The number of ether oxygens (including phenoxy) is 1. The Hall–Kier alpha value is -1.19. The van der Waals surface area contributed by atoms with E-state index in [9.17, 15) is 9.18 Å². The molecule has 2 aliphatic carbocycles. The lowest BCUT2D eigenvalue weighted by Crippen LogP contribution is -2.36. The van der Waals surface area contributed by atoms with E-state index in [1.54, 1.807) is 19.2 Å². The highest BCUT2D eigenvalue weighted by molar-refractivity contribution is 7.92. The lowest BCUT2D eigenvalue weighted by molar-refractivity contribution is 0.0340. The van der Waals surface area contributed by atoms with Crippen LogP contribution in [0.15, 0.2) is 12.1 Å². The highest BCUT2D eigenvalue weighted by Crippen LogP contribution is 2.42. The molecule has 1 heterocycles. The van der Waals surface area contributed by atoms with Crippen LogP contribution in [-0.2, 0) is 15.5 Å². The van der Waals surface area contributed by atoms with E-state index in [0.29, 0.717) is 25.7 Å². The minimum Gasteiger partial charge on any atom is -0.379 e. The van der Waals surface area contributed by atoms with Gasteiger partial charge in [-0.25, -0.2) is 4.39 Å². The predicted octanol–water partition coefficient (Wildman–Crippen LogP) is 2.85. The Balaban J connectivity index is 1.45. The number of morpholine rings is 1. The molecule has 0 bridgehead atoms. The van der Waals surface area contributed by atoms with Gasteiger partial charge in [-0.05, 0) is 54.9 Å². The van der Waals surface area contributed by atoms with Gasteiger partial charge in [0, 0.05) is 26.7 Å². The van der Waals surface area contributed by atoms with Crippen molar-refractivity contribution in [1.82, 2.24) is 14.7 Å². The minimum atomic E-state index is -0.471. The topological polar surface area (TPSA) is 54.0 Å². The van der Waals surface area contributed by atoms with Gasteiger partial charge < -0.3 is 4.74 Å². The minimum absolute atomic E-state index is 0.0986. The number of nitrogens with zero attached hydrogens (tertiary/aromatic N) is 2. The second kappa shape index (κ2) is 8.45. The van der Waals surface area contributed by atoms with E-state index in [0.717, 1.165) is 62.1 Å². The average molecular weight is 396 g/mol. The number of hydrogen-bond acceptors (Lipinski definition) is 6. The maximum Gasteiger partial charge on any atom is 0.269 e. The number of hydrogen-bond donors (Lipinski definition) is 1. The average Bonchev–Trinajstić information content (AvgIpc) is 3.55. The van der Waals surface area contributed by atoms with Gasteiger partial charge in [-0.3, -0.25) is 19.3 Å². The molecule has 0 spiro atoms. The summed E-state index contributed by atoms with van der Waals surface area (Å²) in [6, 6.07) is 3.30. The van der Waals surface area contributed by atoms with Crippen molar-refractivity contribution < 1.29 is 18.1 Å². The summed E-state index contributed by atoms with van der Waals surface area (Å²) in [6.45, 7) is 3.86. The van der Waals surface area contributed by atoms with E-state index in [4.69, 9.17) is 8.92 Å². The number of hydrazine groups is 1. The van der Waals surface area contributed by atoms with Gasteiger partial charge in [-0.1, -0.05) is 0 Å². The van der Waals surface area contributed by atoms with Crippen LogP contribution in [-0.4, -0.2) is 54.7 Å². The van der Waals surface area contributed by atoms with Gasteiger partial charge in [-0.2, -0.15) is 0 Å². The molecule has 1 aromatic rings. The first-order valence-corrected chi connectivity index (χ1v) is 10.3. The van der Waals surface area contributed by atoms with Crippen molar-refractivity contribution in [1.29, 1.82) is 0 Å². The van der Waals surface area contributed by atoms with Gasteiger partial charge in [0.25, 0.3) is 5.91 Å². The molecule has 0 radical (unpaired) electrons. The molecular formula is C19H26FN3O3S. The van der Waals surface area contributed by atoms with Gasteiger partial charge >= 0.3 is 0 Å². The van der Waals surface area contributed by atoms with Crippen LogP contribution >= 0.6 is 12.2 Å². The van der Waals surface area contributed by atoms with E-state index < -0.39 is 11.7 Å². The fraction of sp³-hybridized carbons (Fsp3) is 0.632. The van der Waals surface area contributed by atoms with Crippen LogP contribution in [0.5, 0.6) is 0 Å². The number of benzene rings is 1. The molecule has 1 amide bonds. The van der Waals surface area contributed by atoms with Crippen LogP contribution in [0.3, 0.4) is 0 Å². The van der Waals surface area contributed by atoms with Gasteiger partial charge in [0.1, 0.15) is 18.0 Å². The molecule has 0 aromatic heterocycles. The molecule has 148 valence electrons. The van der Waals surface area contributed by atoms with Gasteiger partial charge in [0.2, 0.25) is 0 Å². The number of halogens is 1. The number of carbonyl (C=O) groups is 1. The Morgan fingerprint density at radius 2 is 2.07 bits per heavy atom. The van der Waals surface area contributed by atoms with Gasteiger partial charge in [-0.15, -0.1) is 4.41 Å². The van der Waals surface area contributed by atoms with Crippen LogP contribution < -0.4 is 5.43 Å². The second-order valence-electron chi connectivity index (χ2n) is 7.50. The van der Waals surface area contributed by atoms with Crippen molar-refractivity contribution in [3.05, 3.63) is 34.6 Å². The summed E-state index contributed by atoms with van der Waals surface area (Å²) < 4.78 is 27.1. The Kier molecular flexibility index (Phi) is 5.99. The molecule has 4 rings (SSSR count). The summed E-state index contributed by atoms with van der Waals surface area (Å²) in [4.78, 5) is 14.8. The van der Waals surface area contributed by atoms with Crippen LogP contribution in [0.25, 0.3) is 0 Å². The first-order valence-electron chi connectivity index (χ1n) is 9.60. The first-order chi connectivity index (χ1) is 13.1. The Morgan fingerprint density at radius 1 is 1.33 bits per heavy atom. The normalized spacial score (nSPS) is 20.9. The molecule has 1 aliphatic heterocycles. The maximum absolute atomic E-state index is 14.7. The van der Waals surface area contributed by atoms with Crippen LogP contribution in [0, 0.1) is 5.82 Å². The molecule has 6 nitrogen and oxygen atoms in total. The zero-order valence-electron chi connectivity index (χ0n) is 15.6. The lowest BCUT2D eigenvalue weighted by Gasteiger charge is -2.27. The maximum atomic E-state index is 14.7. The molecule has 0 atom stereocenters. The van der Waals surface area contributed by atoms with Crippen molar-refractivity contribution in [2.24, 2.45) is 0 Å². The van der Waals surface area contributed by atoms with Crippen LogP contribution in [0.2, 0.25) is 0 Å². The molecule has 8 heteroatoms. The number of amides is 1. The third-order valence-corrected chi connectivity index (χ3v) is 5.74. The van der Waals surface area contributed by atoms with Crippen LogP contribution in [0.1, 0.15) is 53.1 Å². The molecule has 1 saturated heterocycles. The van der Waals surface area contributed by atoms with E-state index >= 15 is 0 Å². The Labute approximate surface area is 163 Å². The van der Waals surface area contributed by atoms with Crippen molar-refractivity contribution >= 4 is 18.1 Å². The zero-order chi connectivity index (χ0) is 18.8. The molecule has 0 unspecified atom stereocenters. The van der Waals surface area contributed by atoms with Gasteiger partial charge in [0.15, 0.2) is 0 Å². The predicted molar refractivity (Wildman–Crippen MR) is 101 cm³/mol. The molecule has 3 aliphatic rings. The van der Waals surface area contributed by atoms with Crippen molar-refractivity contribution in [3.8, 4) is 0 Å². The molecule has 1 N–H and O–H groups in total. The van der Waals surface area contributed by atoms with Gasteiger partial charge in [0.05, 0.1) is 24.9 Å². The van der Waals surface area contributed by atoms with Crippen molar-refractivity contribution in [2.45, 2.75) is 44.2 Å². The number of carbonyl (C=O) groups excluding carboxylic acids is 1. The second-order valence-corrected chi connectivity index (χ2v) is 8.39. The zero-order valence-corrected chi connectivity index (χ0v) is 16.4. The summed E-state index contributed by atoms with van der Waals surface area (Å²) in [7, 11) is 1.69. The molecule has 1 aromatic carbocycles. The van der Waals surface area contributed by atoms with E-state index in [-0.39, 0.29) is 11.7 Å². The molecular weight excluding hydrogens is 369 g/mol. The quantitative estimate of drug-likeness (QED) is 0.415. The largest absolute Gasteiger partial charge is 0.379 e. The third kappa shape index (κ3) is 5.20. The van der Waals surface area contributed by atoms with Crippen molar-refractivity contribution in [2.75, 3.05) is 33.4 Å². The molecule has 3 fully saturated rings. The first kappa shape index (κ1) is 19.1. The summed E-state index contributed by atoms with van der Waals surface area (Å²) in [5.41, 5.74) is 4.87. The monoisotopic (exact) mass is 395 g/mol. The Morgan fingerprint density at radius 3 is 2.74 bits per heavy atom. The SMILES string of the molecule is CN(NC(=O)c1cc(C2CC2)c(CN2CCOCC2)cc1F)SOC1CC1. The van der Waals surface area contributed by atoms with E-state index in [1.165, 1.54) is 4.41 Å². The number of rotatable bonds is 8. The number of nitrogens with one attached hydrogen (secondary N) is 1. The fourth-order valence-electron chi connectivity index (χ4n) is 3.23. The van der Waals surface area contributed by atoms with E-state index in [1.807, 2.05) is 0 Å². The van der Waals surface area contributed by atoms with Crippen molar-refractivity contribution in [3.63, 3.8) is 0 Å². The molecule has 2 saturated carbocycles. The summed E-state index contributed by atoms with van der Waals surface area (Å²) in [5, 5.41) is 0. The highest BCUT2D eigenvalue weighted by Gasteiger charge is 2.30. The summed E-state index contributed by atoms with van der Waals surface area (Å²) >= 11 is 1.09. The highest BCUT2D eigenvalue weighted by atomic mass is 32.2. The Bertz CT molecular complexity index is 691. The molecule has 27 heavy (non-hydrogen) atoms. The fourth-order valence-corrected chi connectivity index (χ4v) is 3.79. The summed E-state index contributed by atoms with van der Waals surface area (Å²) in [5.74, 6) is -0.470. The lowest BCUT2D eigenvalue weighted by atomic mass is 9.98. The smallest absolute Gasteiger partial charge is 0.269 e. The standard InChI is InChI=1S/C19H26FN3O3S/c1-22(27-26-15-4-5-15)21-19(24)17-11-16(13-2-3-13)14(10-18(17)20)12-23-6-8-25-9-7-23/h10-11,13,15H,2-9,12H2,1H3,(H,21,24). The van der Waals surface area contributed by atoms with Crippen LogP contribution in [0.4, 0.5) is 4.39 Å². The van der Waals surface area contributed by atoms with E-state index in [2.05, 4.69) is 10.3 Å². The summed E-state index contributed by atoms with van der Waals surface area (Å²) in [6.07, 6.45) is 4.59. The third-order valence-electron chi connectivity index (χ3n) is 5.06.